The average molecular weight is 241 g/mol. The summed E-state index contributed by atoms with van der Waals surface area (Å²) in [6.07, 6.45) is 4.16. The molecule has 0 heterocycles. The van der Waals surface area contributed by atoms with Gasteiger partial charge in [-0.2, -0.15) is 0 Å². The zero-order chi connectivity index (χ0) is 12.6. The Hall–Kier alpha value is -1.93. The quantitative estimate of drug-likeness (QED) is 0.788. The van der Waals surface area contributed by atoms with Gasteiger partial charge in [0.25, 0.3) is 0 Å². The molecule has 0 bridgehead atoms. The molecule has 2 aromatic carbocycles. The summed E-state index contributed by atoms with van der Waals surface area (Å²) in [5.41, 5.74) is 2.28. The van der Waals surface area contributed by atoms with E-state index in [4.69, 9.17) is 0 Å². The lowest BCUT2D eigenvalue weighted by atomic mass is 10.2. The molecule has 0 aliphatic heterocycles. The lowest BCUT2D eigenvalue weighted by molar-refractivity contribution is 0.626. The maximum absolute atomic E-state index is 12.7. The van der Waals surface area contributed by atoms with Crippen LogP contribution in [0.4, 0.5) is 4.39 Å². The van der Waals surface area contributed by atoms with Crippen LogP contribution >= 0.6 is 0 Å². The summed E-state index contributed by atoms with van der Waals surface area (Å²) in [6, 6.07) is 16.7. The summed E-state index contributed by atoms with van der Waals surface area (Å²) in [7, 11) is 0. The molecule has 2 rings (SSSR count). The smallest absolute Gasteiger partial charge is 0.123 e. The molecule has 0 saturated heterocycles. The molecule has 2 heteroatoms. The molecule has 0 aliphatic carbocycles. The van der Waals surface area contributed by atoms with E-state index in [9.17, 15) is 4.39 Å². The van der Waals surface area contributed by atoms with Crippen LogP contribution in [0.25, 0.3) is 6.08 Å². The van der Waals surface area contributed by atoms with E-state index in [0.29, 0.717) is 0 Å². The molecule has 0 fully saturated rings. The molecule has 0 amide bonds. The van der Waals surface area contributed by atoms with Gasteiger partial charge in [-0.1, -0.05) is 54.6 Å². The van der Waals surface area contributed by atoms with Crippen LogP contribution in [0.15, 0.2) is 60.7 Å². The second kappa shape index (κ2) is 6.72. The van der Waals surface area contributed by atoms with E-state index in [-0.39, 0.29) is 5.82 Å². The molecule has 2 aromatic rings. The molecular weight excluding hydrogens is 225 g/mol. The highest BCUT2D eigenvalue weighted by atomic mass is 19.1. The highest BCUT2D eigenvalue weighted by Crippen LogP contribution is 2.02. The molecule has 0 aliphatic rings. The van der Waals surface area contributed by atoms with Crippen molar-refractivity contribution in [1.29, 1.82) is 0 Å². The van der Waals surface area contributed by atoms with Gasteiger partial charge in [-0.25, -0.2) is 4.39 Å². The van der Waals surface area contributed by atoms with Crippen LogP contribution in [-0.2, 0) is 6.54 Å². The number of hydrogen-bond acceptors (Lipinski definition) is 1. The fourth-order valence-electron chi connectivity index (χ4n) is 1.66. The van der Waals surface area contributed by atoms with Gasteiger partial charge in [0, 0.05) is 13.1 Å². The van der Waals surface area contributed by atoms with Gasteiger partial charge < -0.3 is 5.32 Å². The van der Waals surface area contributed by atoms with Crippen molar-refractivity contribution in [3.8, 4) is 0 Å². The van der Waals surface area contributed by atoms with Gasteiger partial charge in [-0.3, -0.25) is 0 Å². The largest absolute Gasteiger partial charge is 0.309 e. The third kappa shape index (κ3) is 4.15. The highest BCUT2D eigenvalue weighted by molar-refractivity contribution is 5.48. The van der Waals surface area contributed by atoms with Crippen molar-refractivity contribution in [2.75, 3.05) is 6.54 Å². The summed E-state index contributed by atoms with van der Waals surface area (Å²) in [5.74, 6) is -0.192. The Morgan fingerprint density at radius 3 is 2.39 bits per heavy atom. The monoisotopic (exact) mass is 241 g/mol. The lowest BCUT2D eigenvalue weighted by Gasteiger charge is -2.01. The van der Waals surface area contributed by atoms with E-state index in [1.54, 1.807) is 12.1 Å². The first-order valence-electron chi connectivity index (χ1n) is 6.01. The zero-order valence-corrected chi connectivity index (χ0v) is 10.1. The van der Waals surface area contributed by atoms with Gasteiger partial charge in [0.1, 0.15) is 5.82 Å². The van der Waals surface area contributed by atoms with Gasteiger partial charge in [0.15, 0.2) is 0 Å². The first-order chi connectivity index (χ1) is 8.84. The minimum absolute atomic E-state index is 0.192. The zero-order valence-electron chi connectivity index (χ0n) is 10.1. The highest BCUT2D eigenvalue weighted by Gasteiger charge is 1.92. The Balaban J connectivity index is 1.73. The van der Waals surface area contributed by atoms with Gasteiger partial charge in [0.2, 0.25) is 0 Å². The molecule has 92 valence electrons. The van der Waals surface area contributed by atoms with E-state index >= 15 is 0 Å². The molecule has 1 nitrogen and oxygen atoms in total. The van der Waals surface area contributed by atoms with Crippen LogP contribution in [0.3, 0.4) is 0 Å². The lowest BCUT2D eigenvalue weighted by Crippen LogP contribution is -2.12. The predicted molar refractivity (Wildman–Crippen MR) is 73.6 cm³/mol. The third-order valence-electron chi connectivity index (χ3n) is 2.61. The Labute approximate surface area is 107 Å². The Morgan fingerprint density at radius 1 is 0.944 bits per heavy atom. The summed E-state index contributed by atoms with van der Waals surface area (Å²) >= 11 is 0. The van der Waals surface area contributed by atoms with Crippen molar-refractivity contribution >= 4 is 6.08 Å². The Bertz CT molecular complexity index is 488. The first kappa shape index (κ1) is 12.5. The second-order valence-electron chi connectivity index (χ2n) is 4.07. The van der Waals surface area contributed by atoms with Crippen LogP contribution in [0.1, 0.15) is 11.1 Å². The summed E-state index contributed by atoms with van der Waals surface area (Å²) in [6.45, 7) is 1.55. The predicted octanol–water partition coefficient (Wildman–Crippen LogP) is 3.63. The summed E-state index contributed by atoms with van der Waals surface area (Å²) in [4.78, 5) is 0. The fourth-order valence-corrected chi connectivity index (χ4v) is 1.66. The second-order valence-corrected chi connectivity index (χ2v) is 4.07. The van der Waals surface area contributed by atoms with Gasteiger partial charge in [-0.15, -0.1) is 0 Å². The standard InChI is InChI=1S/C16H16FN/c17-16-10-8-15(9-11-16)13-18-12-4-7-14-5-2-1-3-6-14/h1-11,18H,12-13H2/b7-4+. The number of rotatable bonds is 5. The van der Waals surface area contributed by atoms with Crippen molar-refractivity contribution in [2.45, 2.75) is 6.54 Å². The number of nitrogens with one attached hydrogen (secondary N) is 1. The van der Waals surface area contributed by atoms with Crippen molar-refractivity contribution in [1.82, 2.24) is 5.32 Å². The average Bonchev–Trinajstić information content (AvgIpc) is 2.42. The first-order valence-corrected chi connectivity index (χ1v) is 6.01. The number of halogens is 1. The number of benzene rings is 2. The summed E-state index contributed by atoms with van der Waals surface area (Å²) < 4.78 is 12.7. The van der Waals surface area contributed by atoms with E-state index in [0.717, 1.165) is 18.7 Å². The molecule has 18 heavy (non-hydrogen) atoms. The molecule has 0 unspecified atom stereocenters. The van der Waals surface area contributed by atoms with Crippen molar-refractivity contribution < 1.29 is 4.39 Å². The number of hydrogen-bond donors (Lipinski definition) is 1. The van der Waals surface area contributed by atoms with E-state index in [1.165, 1.54) is 17.7 Å². The van der Waals surface area contributed by atoms with Crippen LogP contribution in [0.2, 0.25) is 0 Å². The van der Waals surface area contributed by atoms with Crippen molar-refractivity contribution in [3.05, 3.63) is 77.6 Å². The molecule has 1 N–H and O–H groups in total. The van der Waals surface area contributed by atoms with Crippen LogP contribution < -0.4 is 5.32 Å². The van der Waals surface area contributed by atoms with Crippen molar-refractivity contribution in [3.63, 3.8) is 0 Å². The molecule has 0 spiro atoms. The molecule has 0 radical (unpaired) electrons. The van der Waals surface area contributed by atoms with E-state index in [2.05, 4.69) is 29.6 Å². The fraction of sp³-hybridized carbons (Fsp3) is 0.125. The summed E-state index contributed by atoms with van der Waals surface area (Å²) in [5, 5.41) is 3.28. The van der Waals surface area contributed by atoms with Gasteiger partial charge >= 0.3 is 0 Å². The topological polar surface area (TPSA) is 12.0 Å². The molecule has 0 saturated carbocycles. The SMILES string of the molecule is Fc1ccc(CNC/C=C/c2ccccc2)cc1. The van der Waals surface area contributed by atoms with Gasteiger partial charge in [-0.05, 0) is 23.3 Å². The molecule has 0 aromatic heterocycles. The molecular formula is C16H16FN. The molecule has 0 atom stereocenters. The third-order valence-corrected chi connectivity index (χ3v) is 2.61. The van der Waals surface area contributed by atoms with E-state index < -0.39 is 0 Å². The van der Waals surface area contributed by atoms with Crippen LogP contribution in [0, 0.1) is 5.82 Å². The van der Waals surface area contributed by atoms with Crippen molar-refractivity contribution in [2.24, 2.45) is 0 Å². The normalized spacial score (nSPS) is 10.9. The maximum atomic E-state index is 12.7. The Morgan fingerprint density at radius 2 is 1.67 bits per heavy atom. The minimum atomic E-state index is -0.192. The van der Waals surface area contributed by atoms with E-state index in [1.807, 2.05) is 18.2 Å². The van der Waals surface area contributed by atoms with Gasteiger partial charge in [0.05, 0.1) is 0 Å². The van der Waals surface area contributed by atoms with Crippen LogP contribution in [-0.4, -0.2) is 6.54 Å². The minimum Gasteiger partial charge on any atom is -0.309 e. The maximum Gasteiger partial charge on any atom is 0.123 e. The Kier molecular flexibility index (Phi) is 4.68. The van der Waals surface area contributed by atoms with Crippen LogP contribution in [0.5, 0.6) is 0 Å².